The number of thioether (sulfide) groups is 1. The zero-order chi connectivity index (χ0) is 14.0. The van der Waals surface area contributed by atoms with E-state index in [9.17, 15) is 14.4 Å². The number of nitrogens with zero attached hydrogens (tertiary/aromatic N) is 2. The van der Waals surface area contributed by atoms with Crippen LogP contribution in [0.3, 0.4) is 0 Å². The van der Waals surface area contributed by atoms with E-state index in [0.29, 0.717) is 0 Å². The molecule has 0 bridgehead atoms. The van der Waals surface area contributed by atoms with Gasteiger partial charge in [0.2, 0.25) is 0 Å². The molecule has 0 aliphatic carbocycles. The highest BCUT2D eigenvalue weighted by molar-refractivity contribution is 8.15. The predicted molar refractivity (Wildman–Crippen MR) is 64.7 cm³/mol. The number of hydrogen-bond donors (Lipinski definition) is 3. The maximum absolute atomic E-state index is 11.5. The number of rotatable bonds is 7. The number of primary amides is 1. The smallest absolute Gasteiger partial charge is 0.332 e. The first-order valence-corrected chi connectivity index (χ1v) is 5.83. The third-order valence-corrected chi connectivity index (χ3v) is 2.53. The minimum absolute atomic E-state index is 0.0217. The fourth-order valence-corrected chi connectivity index (χ4v) is 1.64. The van der Waals surface area contributed by atoms with Gasteiger partial charge in [-0.2, -0.15) is 10.4 Å². The topological polar surface area (TPSA) is 146 Å². The Bertz CT molecular complexity index is 402. The van der Waals surface area contributed by atoms with E-state index in [0.717, 1.165) is 11.8 Å². The summed E-state index contributed by atoms with van der Waals surface area (Å²) >= 11 is 0.890. The highest BCUT2D eigenvalue weighted by atomic mass is 32.2. The van der Waals surface area contributed by atoms with Crippen LogP contribution in [0, 0.1) is 11.3 Å². The van der Waals surface area contributed by atoms with Gasteiger partial charge in [-0.15, -0.1) is 11.8 Å². The summed E-state index contributed by atoms with van der Waals surface area (Å²) < 4.78 is 0. The molecule has 8 nitrogen and oxygen atoms in total. The largest absolute Gasteiger partial charge is 0.481 e. The minimum Gasteiger partial charge on any atom is -0.481 e. The number of carboxylic acid groups (broad SMARTS) is 1. The molecule has 0 aromatic heterocycles. The van der Waals surface area contributed by atoms with Crippen LogP contribution in [0.15, 0.2) is 5.10 Å². The lowest BCUT2D eigenvalue weighted by Gasteiger charge is -2.03. The number of aliphatic carboxylic acids is 1. The average Bonchev–Trinajstić information content (AvgIpc) is 2.29. The molecule has 0 saturated heterocycles. The van der Waals surface area contributed by atoms with Gasteiger partial charge in [0.05, 0.1) is 12.5 Å². The zero-order valence-corrected chi connectivity index (χ0v) is 10.2. The van der Waals surface area contributed by atoms with Crippen molar-refractivity contribution in [3.8, 4) is 6.07 Å². The molecule has 0 aliphatic rings. The molecule has 0 aliphatic heterocycles. The van der Waals surface area contributed by atoms with Gasteiger partial charge in [-0.05, 0) is 0 Å². The molecule has 0 aromatic carbocycles. The molecule has 2 amide bonds. The van der Waals surface area contributed by atoms with E-state index in [-0.39, 0.29) is 30.1 Å². The van der Waals surface area contributed by atoms with Crippen molar-refractivity contribution in [1.29, 1.82) is 5.26 Å². The minimum atomic E-state index is -1.01. The summed E-state index contributed by atoms with van der Waals surface area (Å²) in [5.41, 5.74) is 6.69. The summed E-state index contributed by atoms with van der Waals surface area (Å²) in [4.78, 5) is 32.3. The molecule has 4 N–H and O–H groups in total. The molecule has 9 heteroatoms. The van der Waals surface area contributed by atoms with Crippen LogP contribution in [0.1, 0.15) is 19.3 Å². The second kappa shape index (κ2) is 9.00. The number of amides is 2. The summed E-state index contributed by atoms with van der Waals surface area (Å²) in [7, 11) is 0. The van der Waals surface area contributed by atoms with E-state index in [4.69, 9.17) is 16.1 Å². The Morgan fingerprint density at radius 2 is 2.06 bits per heavy atom. The lowest BCUT2D eigenvalue weighted by Crippen LogP contribution is -2.27. The Hall–Kier alpha value is -2.08. The predicted octanol–water partition coefficient (Wildman–Crippen LogP) is 0.0490. The normalized spacial score (nSPS) is 10.5. The van der Waals surface area contributed by atoms with Gasteiger partial charge in [0.15, 0.2) is 10.8 Å². The summed E-state index contributed by atoms with van der Waals surface area (Å²) in [5, 5.41) is 20.2. The third-order valence-electron chi connectivity index (χ3n) is 1.52. The number of carboxylic acids is 1. The van der Waals surface area contributed by atoms with Crippen LogP contribution < -0.4 is 11.2 Å². The first kappa shape index (κ1) is 15.9. The molecule has 0 spiro atoms. The Morgan fingerprint density at radius 3 is 2.56 bits per heavy atom. The van der Waals surface area contributed by atoms with E-state index in [2.05, 4.69) is 5.10 Å². The highest BCUT2D eigenvalue weighted by Gasteiger charge is 2.13. The molecule has 0 aromatic rings. The quantitative estimate of drug-likeness (QED) is 0.339. The van der Waals surface area contributed by atoms with Gasteiger partial charge in [0.1, 0.15) is 0 Å². The summed E-state index contributed by atoms with van der Waals surface area (Å²) in [6, 6.07) is 0.870. The second-order valence-electron chi connectivity index (χ2n) is 2.97. The number of hydrazone groups is 1. The number of nitrogens with two attached hydrogens (primary N) is 1. The fourth-order valence-electron chi connectivity index (χ4n) is 0.792. The van der Waals surface area contributed by atoms with Crippen molar-refractivity contribution in [1.82, 2.24) is 5.43 Å². The molecule has 0 saturated carbocycles. The van der Waals surface area contributed by atoms with E-state index in [1.807, 2.05) is 5.43 Å². The van der Waals surface area contributed by atoms with Crippen LogP contribution >= 0.6 is 11.8 Å². The van der Waals surface area contributed by atoms with Crippen molar-refractivity contribution in [2.24, 2.45) is 10.8 Å². The first-order chi connectivity index (χ1) is 8.47. The van der Waals surface area contributed by atoms with Crippen LogP contribution in [-0.4, -0.2) is 33.7 Å². The number of nitriles is 1. The first-order valence-electron chi connectivity index (χ1n) is 4.85. The van der Waals surface area contributed by atoms with Crippen molar-refractivity contribution in [2.75, 3.05) is 5.75 Å². The lowest BCUT2D eigenvalue weighted by atomic mass is 10.2. The maximum atomic E-state index is 11.5. The van der Waals surface area contributed by atoms with Crippen molar-refractivity contribution in [3.63, 3.8) is 0 Å². The van der Waals surface area contributed by atoms with Crippen molar-refractivity contribution < 1.29 is 19.5 Å². The fraction of sp³-hybridized carbons (Fsp3) is 0.444. The summed E-state index contributed by atoms with van der Waals surface area (Å²) in [6.07, 6.45) is -0.171. The Kier molecular flexibility index (Phi) is 7.96. The standard InChI is InChI=1S/C9H12N4O4S/c10-4-1-2-6(14)8(12-13-9(11)17)18-5-3-7(15)16/h1-3,5H2,(H,15,16)(H3,11,13,17)/b12-8-. The van der Waals surface area contributed by atoms with E-state index in [1.54, 1.807) is 6.07 Å². The number of Topliss-reactive ketones (excluding diaryl/α,β-unsaturated/α-hetero) is 1. The van der Waals surface area contributed by atoms with Crippen LogP contribution in [0.4, 0.5) is 4.79 Å². The van der Waals surface area contributed by atoms with Gasteiger partial charge in [0, 0.05) is 18.6 Å². The number of urea groups is 1. The molecule has 18 heavy (non-hydrogen) atoms. The number of carbonyl (C=O) groups is 3. The molecule has 0 fully saturated rings. The third kappa shape index (κ3) is 8.12. The van der Waals surface area contributed by atoms with Crippen LogP contribution in [0.2, 0.25) is 0 Å². The lowest BCUT2D eigenvalue weighted by molar-refractivity contribution is -0.136. The highest BCUT2D eigenvalue weighted by Crippen LogP contribution is 2.09. The van der Waals surface area contributed by atoms with Crippen molar-refractivity contribution >= 4 is 34.6 Å². The summed E-state index contributed by atoms with van der Waals surface area (Å²) in [6.45, 7) is 0. The molecule has 98 valence electrons. The SMILES string of the molecule is N#CCCC(=O)/C(=N/NC(N)=O)SCCC(=O)O. The van der Waals surface area contributed by atoms with Gasteiger partial charge in [0.25, 0.3) is 0 Å². The summed E-state index contributed by atoms with van der Waals surface area (Å²) in [5.74, 6) is -1.32. The molecule has 0 heterocycles. The number of carbonyl (C=O) groups excluding carboxylic acids is 2. The van der Waals surface area contributed by atoms with E-state index >= 15 is 0 Å². The van der Waals surface area contributed by atoms with Crippen LogP contribution in [0.5, 0.6) is 0 Å². The van der Waals surface area contributed by atoms with E-state index < -0.39 is 17.8 Å². The number of nitrogens with one attached hydrogen (secondary N) is 1. The zero-order valence-electron chi connectivity index (χ0n) is 9.38. The van der Waals surface area contributed by atoms with Gasteiger partial charge >= 0.3 is 12.0 Å². The molecule has 0 unspecified atom stereocenters. The molecular formula is C9H12N4O4S. The Morgan fingerprint density at radius 1 is 1.39 bits per heavy atom. The molecule has 0 atom stereocenters. The molecular weight excluding hydrogens is 260 g/mol. The molecule has 0 radical (unpaired) electrons. The van der Waals surface area contributed by atoms with Crippen LogP contribution in [-0.2, 0) is 9.59 Å². The van der Waals surface area contributed by atoms with Gasteiger partial charge < -0.3 is 10.8 Å². The van der Waals surface area contributed by atoms with Crippen molar-refractivity contribution in [2.45, 2.75) is 19.3 Å². The number of ketones is 1. The Balaban J connectivity index is 4.46. The van der Waals surface area contributed by atoms with Gasteiger partial charge in [-0.25, -0.2) is 10.2 Å². The number of hydrogen-bond acceptors (Lipinski definition) is 6. The second-order valence-corrected chi connectivity index (χ2v) is 4.05. The average molecular weight is 272 g/mol. The van der Waals surface area contributed by atoms with Crippen molar-refractivity contribution in [3.05, 3.63) is 0 Å². The monoisotopic (exact) mass is 272 g/mol. The van der Waals surface area contributed by atoms with Gasteiger partial charge in [-0.3, -0.25) is 9.59 Å². The maximum Gasteiger partial charge on any atom is 0.332 e. The van der Waals surface area contributed by atoms with Gasteiger partial charge in [-0.1, -0.05) is 0 Å². The molecule has 0 rings (SSSR count). The van der Waals surface area contributed by atoms with Crippen LogP contribution in [0.25, 0.3) is 0 Å². The van der Waals surface area contributed by atoms with E-state index in [1.165, 1.54) is 0 Å². The Labute approximate surface area is 107 Å².